The fraction of sp³-hybridized carbons (Fsp3) is 0.417. The van der Waals surface area contributed by atoms with Gasteiger partial charge in [-0.05, 0) is 6.07 Å². The Bertz CT molecular complexity index is 685. The number of carbonyl (C=O) groups is 1. The Morgan fingerprint density at radius 2 is 1.73 bits per heavy atom. The van der Waals surface area contributed by atoms with Gasteiger partial charge in [-0.1, -0.05) is 12.1 Å². The number of halogens is 8. The fourth-order valence-corrected chi connectivity index (χ4v) is 1.52. The molecule has 1 aromatic carbocycles. The number of hydrogen-bond acceptors (Lipinski definition) is 4. The highest BCUT2D eigenvalue weighted by molar-refractivity contribution is 5.87. The Kier molecular flexibility index (Phi) is 5.99. The summed E-state index contributed by atoms with van der Waals surface area (Å²) in [5.41, 5.74) is -1.47. The first kappa shape index (κ1) is 21.4. The van der Waals surface area contributed by atoms with Crippen LogP contribution in [0, 0.1) is 10.1 Å². The SMILES string of the molecule is O=C(Nc1ccccc1[N+](=O)[O-])OC(F)C(F)(F)C(F)(F)C(F)(F)CF. The second-order valence-electron chi connectivity index (χ2n) is 4.66. The molecule has 0 saturated carbocycles. The smallest absolute Gasteiger partial charge is 0.408 e. The highest BCUT2D eigenvalue weighted by Gasteiger charge is 2.76. The number of nitrogens with zero attached hydrogens (tertiary/aromatic N) is 1. The molecule has 1 rings (SSSR count). The molecule has 0 aromatic heterocycles. The number of amides is 1. The van der Waals surface area contributed by atoms with Gasteiger partial charge in [0.05, 0.1) is 4.92 Å². The first-order valence-electron chi connectivity index (χ1n) is 6.32. The van der Waals surface area contributed by atoms with E-state index in [1.807, 2.05) is 0 Å². The van der Waals surface area contributed by atoms with Crippen LogP contribution in [0.25, 0.3) is 0 Å². The predicted octanol–water partition coefficient (Wildman–Crippen LogP) is 4.31. The zero-order chi connectivity index (χ0) is 20.3. The van der Waals surface area contributed by atoms with Crippen molar-refractivity contribution in [1.29, 1.82) is 0 Å². The topological polar surface area (TPSA) is 81.5 Å². The number of alkyl halides is 8. The minimum atomic E-state index is -6.53. The van der Waals surface area contributed by atoms with Gasteiger partial charge in [0.1, 0.15) is 5.69 Å². The molecule has 0 heterocycles. The molecule has 14 heteroatoms. The van der Waals surface area contributed by atoms with Crippen LogP contribution in [-0.4, -0.2) is 41.8 Å². The summed E-state index contributed by atoms with van der Waals surface area (Å²) in [5.74, 6) is -18.8. The predicted molar refractivity (Wildman–Crippen MR) is 68.9 cm³/mol. The van der Waals surface area contributed by atoms with Crippen LogP contribution in [0.5, 0.6) is 0 Å². The molecule has 0 radical (unpaired) electrons. The number of nitrogens with one attached hydrogen (secondary N) is 1. The molecule has 0 aliphatic carbocycles. The molecule has 146 valence electrons. The van der Waals surface area contributed by atoms with Crippen molar-refractivity contribution in [2.45, 2.75) is 24.1 Å². The van der Waals surface area contributed by atoms with Gasteiger partial charge in [0, 0.05) is 6.07 Å². The third kappa shape index (κ3) is 3.94. The van der Waals surface area contributed by atoms with Gasteiger partial charge in [0.15, 0.2) is 6.67 Å². The quantitative estimate of drug-likeness (QED) is 0.423. The number of carbonyl (C=O) groups excluding carboxylic acids is 1. The lowest BCUT2D eigenvalue weighted by atomic mass is 10.1. The maximum Gasteiger partial charge on any atom is 0.414 e. The van der Waals surface area contributed by atoms with Gasteiger partial charge in [-0.15, -0.1) is 0 Å². The standard InChI is InChI=1S/C12H8F8N2O4/c13-5-10(15,16)12(19,20)11(17,18)8(14)26-9(23)21-6-3-1-2-4-7(6)22(24)25/h1-4,8H,5H2,(H,21,23). The van der Waals surface area contributed by atoms with Crippen LogP contribution >= 0.6 is 0 Å². The number of nitro benzene ring substituents is 1. The van der Waals surface area contributed by atoms with E-state index in [4.69, 9.17) is 0 Å². The van der Waals surface area contributed by atoms with Crippen LogP contribution in [0.15, 0.2) is 24.3 Å². The summed E-state index contributed by atoms with van der Waals surface area (Å²) in [5, 5.41) is 12.1. The van der Waals surface area contributed by atoms with Crippen molar-refractivity contribution in [2.75, 3.05) is 12.0 Å². The van der Waals surface area contributed by atoms with Crippen LogP contribution in [0.2, 0.25) is 0 Å². The lowest BCUT2D eigenvalue weighted by Gasteiger charge is -2.32. The maximum absolute atomic E-state index is 13.3. The summed E-state index contributed by atoms with van der Waals surface area (Å²) in [6.45, 7) is -3.23. The maximum atomic E-state index is 13.3. The minimum absolute atomic E-state index is 0.682. The van der Waals surface area contributed by atoms with Crippen molar-refractivity contribution in [3.8, 4) is 0 Å². The second-order valence-corrected chi connectivity index (χ2v) is 4.66. The van der Waals surface area contributed by atoms with Gasteiger partial charge >= 0.3 is 30.2 Å². The Morgan fingerprint density at radius 3 is 2.23 bits per heavy atom. The van der Waals surface area contributed by atoms with Crippen molar-refractivity contribution in [2.24, 2.45) is 0 Å². The number of hydrogen-bond donors (Lipinski definition) is 1. The Labute approximate surface area is 138 Å². The van der Waals surface area contributed by atoms with E-state index in [1.54, 1.807) is 0 Å². The normalized spacial score (nSPS) is 13.8. The summed E-state index contributed by atoms with van der Waals surface area (Å²) >= 11 is 0. The number of rotatable bonds is 7. The average Bonchev–Trinajstić information content (AvgIpc) is 2.54. The zero-order valence-electron chi connectivity index (χ0n) is 12.2. The Hall–Kier alpha value is -2.67. The van der Waals surface area contributed by atoms with E-state index in [1.165, 1.54) is 5.32 Å². The van der Waals surface area contributed by atoms with Crippen molar-refractivity contribution in [3.63, 3.8) is 0 Å². The number of para-hydroxylation sites is 2. The molecule has 1 unspecified atom stereocenters. The van der Waals surface area contributed by atoms with Crippen molar-refractivity contribution < 1.29 is 49.6 Å². The van der Waals surface area contributed by atoms with Crippen LogP contribution < -0.4 is 5.32 Å². The number of ether oxygens (including phenoxy) is 1. The summed E-state index contributed by atoms with van der Waals surface area (Å²) in [7, 11) is 0. The van der Waals surface area contributed by atoms with Gasteiger partial charge < -0.3 is 4.74 Å². The lowest BCUT2D eigenvalue weighted by molar-refractivity contribution is -0.383. The van der Waals surface area contributed by atoms with E-state index in [2.05, 4.69) is 4.74 Å². The van der Waals surface area contributed by atoms with Gasteiger partial charge in [-0.25, -0.2) is 9.18 Å². The van der Waals surface area contributed by atoms with E-state index in [9.17, 15) is 50.0 Å². The van der Waals surface area contributed by atoms with Crippen LogP contribution in [-0.2, 0) is 4.74 Å². The summed E-state index contributed by atoms with van der Waals surface area (Å²) in [6.07, 6.45) is -6.83. The molecule has 0 aliphatic heterocycles. The summed E-state index contributed by atoms with van der Waals surface area (Å²) in [6, 6.07) is 3.96. The van der Waals surface area contributed by atoms with Crippen molar-refractivity contribution in [1.82, 2.24) is 0 Å². The Balaban J connectivity index is 2.95. The van der Waals surface area contributed by atoms with Gasteiger partial charge in [-0.2, -0.15) is 30.7 Å². The third-order valence-corrected chi connectivity index (χ3v) is 2.88. The van der Waals surface area contributed by atoms with Crippen LogP contribution in [0.4, 0.5) is 51.3 Å². The lowest BCUT2D eigenvalue weighted by Crippen LogP contribution is -2.60. The van der Waals surface area contributed by atoms with Crippen LogP contribution in [0.1, 0.15) is 0 Å². The van der Waals surface area contributed by atoms with Gasteiger partial charge in [-0.3, -0.25) is 15.4 Å². The first-order chi connectivity index (χ1) is 11.8. The molecule has 0 bridgehead atoms. The van der Waals surface area contributed by atoms with E-state index in [0.29, 0.717) is 0 Å². The van der Waals surface area contributed by atoms with E-state index in [0.717, 1.165) is 24.3 Å². The molecular formula is C12H8F8N2O4. The molecule has 0 aliphatic rings. The number of nitro groups is 1. The van der Waals surface area contributed by atoms with Crippen molar-refractivity contribution in [3.05, 3.63) is 34.4 Å². The van der Waals surface area contributed by atoms with Gasteiger partial charge in [0.25, 0.3) is 5.69 Å². The minimum Gasteiger partial charge on any atom is -0.408 e. The molecule has 0 fully saturated rings. The number of anilines is 1. The molecule has 1 N–H and O–H groups in total. The molecule has 0 spiro atoms. The monoisotopic (exact) mass is 396 g/mol. The third-order valence-electron chi connectivity index (χ3n) is 2.88. The largest absolute Gasteiger partial charge is 0.414 e. The van der Waals surface area contributed by atoms with Crippen LogP contribution in [0.3, 0.4) is 0 Å². The zero-order valence-corrected chi connectivity index (χ0v) is 12.2. The average molecular weight is 396 g/mol. The highest BCUT2D eigenvalue weighted by atomic mass is 19.4. The van der Waals surface area contributed by atoms with E-state index in [-0.39, 0.29) is 0 Å². The van der Waals surface area contributed by atoms with E-state index >= 15 is 0 Å². The fourth-order valence-electron chi connectivity index (χ4n) is 1.52. The van der Waals surface area contributed by atoms with E-state index < -0.39 is 53.2 Å². The Morgan fingerprint density at radius 1 is 1.19 bits per heavy atom. The molecule has 6 nitrogen and oxygen atoms in total. The van der Waals surface area contributed by atoms with Gasteiger partial charge in [0.2, 0.25) is 0 Å². The molecular weight excluding hydrogens is 388 g/mol. The summed E-state index contributed by atoms with van der Waals surface area (Å²) < 4.78 is 106. The molecule has 1 aromatic rings. The summed E-state index contributed by atoms with van der Waals surface area (Å²) in [4.78, 5) is 20.9. The first-order valence-corrected chi connectivity index (χ1v) is 6.32. The second kappa shape index (κ2) is 7.29. The molecule has 1 atom stereocenters. The number of benzene rings is 1. The molecule has 0 saturated heterocycles. The van der Waals surface area contributed by atoms with Crippen molar-refractivity contribution >= 4 is 17.5 Å². The highest BCUT2D eigenvalue weighted by Crippen LogP contribution is 2.48. The molecule has 1 amide bonds. The molecule has 26 heavy (non-hydrogen) atoms.